The number of aromatic nitrogens is 3. The van der Waals surface area contributed by atoms with Crippen molar-refractivity contribution >= 4 is 22.7 Å². The van der Waals surface area contributed by atoms with Gasteiger partial charge in [-0.25, -0.2) is 4.98 Å². The Morgan fingerprint density at radius 3 is 2.62 bits per heavy atom. The first-order chi connectivity index (χ1) is 14.1. The van der Waals surface area contributed by atoms with Crippen LogP contribution in [0.1, 0.15) is 16.8 Å². The minimum absolute atomic E-state index is 0.0677. The molecule has 29 heavy (non-hydrogen) atoms. The fourth-order valence-electron chi connectivity index (χ4n) is 3.16. The number of rotatable bonds is 5. The number of fused-ring (bicyclic) bond motifs is 1. The normalized spacial score (nSPS) is 11.0. The number of thioether (sulfide) groups is 1. The monoisotopic (exact) mass is 403 g/mol. The van der Waals surface area contributed by atoms with Gasteiger partial charge in [-0.15, -0.1) is 0 Å². The Kier molecular flexibility index (Phi) is 5.36. The zero-order valence-corrected chi connectivity index (χ0v) is 17.4. The molecule has 6 heteroatoms. The van der Waals surface area contributed by atoms with Crippen LogP contribution in [0.3, 0.4) is 0 Å². The van der Waals surface area contributed by atoms with Gasteiger partial charge in [-0.1, -0.05) is 41.6 Å². The molecule has 0 aliphatic heterocycles. The number of methoxy groups -OCH3 is 1. The molecule has 146 valence electrons. The molecule has 2 aromatic heterocycles. The van der Waals surface area contributed by atoms with E-state index in [2.05, 4.69) is 4.98 Å². The largest absolute Gasteiger partial charge is 0.496 e. The highest BCUT2D eigenvalue weighted by Gasteiger charge is 2.14. The van der Waals surface area contributed by atoms with Crippen molar-refractivity contribution in [2.75, 3.05) is 7.11 Å². The summed E-state index contributed by atoms with van der Waals surface area (Å²) in [6.45, 7) is 3.94. The molecule has 0 spiro atoms. The third-order valence-corrected chi connectivity index (χ3v) is 5.66. The number of benzene rings is 2. The molecule has 0 bridgehead atoms. The van der Waals surface area contributed by atoms with Crippen LogP contribution in [-0.4, -0.2) is 21.6 Å². The average molecular weight is 404 g/mol. The molecular formula is C23H21N3O2S. The zero-order chi connectivity index (χ0) is 20.4. The van der Waals surface area contributed by atoms with Gasteiger partial charge < -0.3 is 4.74 Å². The van der Waals surface area contributed by atoms with Gasteiger partial charge in [-0.3, -0.25) is 14.3 Å². The number of pyridine rings is 1. The number of ether oxygens (including phenoxy) is 1. The van der Waals surface area contributed by atoms with Gasteiger partial charge in [-0.2, -0.15) is 0 Å². The molecule has 5 nitrogen and oxygen atoms in total. The second-order valence-corrected chi connectivity index (χ2v) is 7.77. The van der Waals surface area contributed by atoms with E-state index in [1.165, 1.54) is 11.8 Å². The topological polar surface area (TPSA) is 57.0 Å². The van der Waals surface area contributed by atoms with Gasteiger partial charge in [0.2, 0.25) is 0 Å². The van der Waals surface area contributed by atoms with Gasteiger partial charge in [0.15, 0.2) is 5.16 Å². The van der Waals surface area contributed by atoms with Crippen molar-refractivity contribution in [3.05, 3.63) is 88.0 Å². The lowest BCUT2D eigenvalue weighted by Gasteiger charge is -2.13. The van der Waals surface area contributed by atoms with E-state index < -0.39 is 0 Å². The van der Waals surface area contributed by atoms with Crippen LogP contribution in [0.25, 0.3) is 16.6 Å². The van der Waals surface area contributed by atoms with Crippen LogP contribution in [0.15, 0.2) is 70.7 Å². The molecule has 0 saturated carbocycles. The number of nitrogens with zero attached hydrogens (tertiary/aromatic N) is 3. The number of hydrogen-bond acceptors (Lipinski definition) is 5. The molecule has 4 rings (SSSR count). The predicted molar refractivity (Wildman–Crippen MR) is 117 cm³/mol. The Hall–Kier alpha value is -3.12. The van der Waals surface area contributed by atoms with Crippen molar-refractivity contribution in [2.24, 2.45) is 0 Å². The van der Waals surface area contributed by atoms with E-state index in [0.29, 0.717) is 21.8 Å². The predicted octanol–water partition coefficient (Wildman–Crippen LogP) is 4.70. The van der Waals surface area contributed by atoms with Crippen LogP contribution < -0.4 is 10.3 Å². The minimum atomic E-state index is -0.0677. The second kappa shape index (κ2) is 8.09. The lowest BCUT2D eigenvalue weighted by atomic mass is 10.1. The molecule has 2 aromatic carbocycles. The van der Waals surface area contributed by atoms with E-state index in [4.69, 9.17) is 9.72 Å². The van der Waals surface area contributed by atoms with Gasteiger partial charge in [-0.05, 0) is 38.1 Å². The van der Waals surface area contributed by atoms with Crippen molar-refractivity contribution in [1.29, 1.82) is 0 Å². The van der Waals surface area contributed by atoms with Crippen LogP contribution in [0.4, 0.5) is 0 Å². The summed E-state index contributed by atoms with van der Waals surface area (Å²) in [6, 6.07) is 17.3. The van der Waals surface area contributed by atoms with Crippen molar-refractivity contribution in [2.45, 2.75) is 24.8 Å². The van der Waals surface area contributed by atoms with Crippen LogP contribution in [0.2, 0.25) is 0 Å². The summed E-state index contributed by atoms with van der Waals surface area (Å²) in [5, 5.41) is 1.26. The fourth-order valence-corrected chi connectivity index (χ4v) is 4.08. The summed E-state index contributed by atoms with van der Waals surface area (Å²) >= 11 is 1.49. The summed E-state index contributed by atoms with van der Waals surface area (Å²) in [5.74, 6) is 1.38. The van der Waals surface area contributed by atoms with Gasteiger partial charge >= 0.3 is 0 Å². The molecule has 0 aliphatic rings. The Morgan fingerprint density at radius 1 is 1.07 bits per heavy atom. The van der Waals surface area contributed by atoms with Gasteiger partial charge in [0, 0.05) is 23.6 Å². The van der Waals surface area contributed by atoms with Crippen LogP contribution in [-0.2, 0) is 5.75 Å². The van der Waals surface area contributed by atoms with Gasteiger partial charge in [0.05, 0.1) is 29.4 Å². The molecule has 0 aliphatic carbocycles. The number of aryl methyl sites for hydroxylation is 2. The summed E-state index contributed by atoms with van der Waals surface area (Å²) in [7, 11) is 1.65. The smallest absolute Gasteiger partial charge is 0.266 e. The maximum Gasteiger partial charge on any atom is 0.266 e. The lowest BCUT2D eigenvalue weighted by Crippen LogP contribution is -2.21. The van der Waals surface area contributed by atoms with E-state index >= 15 is 0 Å². The summed E-state index contributed by atoms with van der Waals surface area (Å²) < 4.78 is 7.08. The van der Waals surface area contributed by atoms with Crippen molar-refractivity contribution < 1.29 is 4.74 Å². The molecule has 0 radical (unpaired) electrons. The Balaban J connectivity index is 1.80. The SMILES string of the molecule is COc1cc(CSc2nc3ccc(C)cc3c(=O)n2-c2ccccc2)ncc1C. The van der Waals surface area contributed by atoms with Gasteiger partial charge in [0.25, 0.3) is 5.56 Å². The summed E-state index contributed by atoms with van der Waals surface area (Å²) in [4.78, 5) is 22.6. The quantitative estimate of drug-likeness (QED) is 0.357. The second-order valence-electron chi connectivity index (χ2n) is 6.83. The lowest BCUT2D eigenvalue weighted by molar-refractivity contribution is 0.410. The number of hydrogen-bond donors (Lipinski definition) is 0. The van der Waals surface area contributed by atoms with E-state index in [-0.39, 0.29) is 5.56 Å². The van der Waals surface area contributed by atoms with Gasteiger partial charge in [0.1, 0.15) is 5.75 Å². The van der Waals surface area contributed by atoms with E-state index in [0.717, 1.165) is 28.3 Å². The molecule has 0 N–H and O–H groups in total. The average Bonchev–Trinajstić information content (AvgIpc) is 2.74. The third kappa shape index (κ3) is 3.89. The first kappa shape index (κ1) is 19.2. The van der Waals surface area contributed by atoms with Crippen molar-refractivity contribution in [1.82, 2.24) is 14.5 Å². The van der Waals surface area contributed by atoms with E-state index in [1.54, 1.807) is 17.9 Å². The summed E-state index contributed by atoms with van der Waals surface area (Å²) in [6.07, 6.45) is 1.80. The minimum Gasteiger partial charge on any atom is -0.496 e. The zero-order valence-electron chi connectivity index (χ0n) is 16.5. The van der Waals surface area contributed by atoms with Crippen molar-refractivity contribution in [3.8, 4) is 11.4 Å². The Morgan fingerprint density at radius 2 is 1.86 bits per heavy atom. The first-order valence-electron chi connectivity index (χ1n) is 9.28. The highest BCUT2D eigenvalue weighted by molar-refractivity contribution is 7.98. The Labute approximate surface area is 173 Å². The first-order valence-corrected chi connectivity index (χ1v) is 10.3. The van der Waals surface area contributed by atoms with Crippen LogP contribution in [0.5, 0.6) is 5.75 Å². The molecule has 0 unspecified atom stereocenters. The van der Waals surface area contributed by atoms with Crippen molar-refractivity contribution in [3.63, 3.8) is 0 Å². The maximum atomic E-state index is 13.3. The molecule has 0 saturated heterocycles. The maximum absolute atomic E-state index is 13.3. The third-order valence-electron chi connectivity index (χ3n) is 4.69. The number of para-hydroxylation sites is 1. The van der Waals surface area contributed by atoms with E-state index in [9.17, 15) is 4.79 Å². The molecule has 0 atom stereocenters. The standard InChI is InChI=1S/C23H21N3O2S/c1-15-9-10-20-19(11-15)22(27)26(18-7-5-4-6-8-18)23(25-20)29-14-17-12-21(28-3)16(2)13-24-17/h4-13H,14H2,1-3H3. The molecule has 0 amide bonds. The molecule has 4 aromatic rings. The highest BCUT2D eigenvalue weighted by Crippen LogP contribution is 2.26. The van der Waals surface area contributed by atoms with E-state index in [1.807, 2.05) is 68.4 Å². The highest BCUT2D eigenvalue weighted by atomic mass is 32.2. The fraction of sp³-hybridized carbons (Fsp3) is 0.174. The molecule has 2 heterocycles. The molecule has 0 fully saturated rings. The van der Waals surface area contributed by atoms with Crippen LogP contribution in [0, 0.1) is 13.8 Å². The van der Waals surface area contributed by atoms with Crippen LogP contribution >= 0.6 is 11.8 Å². The summed E-state index contributed by atoms with van der Waals surface area (Å²) in [5.41, 5.74) is 4.32. The Bertz CT molecular complexity index is 1240. The molecular weight excluding hydrogens is 382 g/mol.